The summed E-state index contributed by atoms with van der Waals surface area (Å²) in [5.74, 6) is 1.15. The van der Waals surface area contributed by atoms with Crippen molar-refractivity contribution in [3.63, 3.8) is 0 Å². The molecule has 3 nitrogen and oxygen atoms in total. The van der Waals surface area contributed by atoms with Crippen LogP contribution in [0.25, 0.3) is 0 Å². The van der Waals surface area contributed by atoms with Crippen LogP contribution in [0, 0.1) is 19.8 Å². The Morgan fingerprint density at radius 2 is 1.94 bits per heavy atom. The highest BCUT2D eigenvalue weighted by Gasteiger charge is 1.98. The van der Waals surface area contributed by atoms with Gasteiger partial charge in [0.25, 0.3) is 0 Å². The number of nitrogens with two attached hydrogens (primary N) is 1. The summed E-state index contributed by atoms with van der Waals surface area (Å²) in [7, 11) is 0. The first kappa shape index (κ1) is 17.2. The second-order valence-electron chi connectivity index (χ2n) is 4.87. The molecule has 0 bridgehead atoms. The molecule has 3 N–H and O–H groups in total. The molecule has 0 spiro atoms. The number of benzene rings is 1. The molecular weight excluding hydrogens is 337 g/mol. The Bertz CT molecular complexity index is 400. The van der Waals surface area contributed by atoms with Crippen molar-refractivity contribution in [2.75, 3.05) is 11.9 Å². The van der Waals surface area contributed by atoms with E-state index in [0.29, 0.717) is 11.9 Å². The Morgan fingerprint density at radius 3 is 2.50 bits per heavy atom. The van der Waals surface area contributed by atoms with E-state index in [1.165, 1.54) is 11.1 Å². The molecule has 1 aromatic carbocycles. The maximum absolute atomic E-state index is 5.82. The minimum atomic E-state index is 0. The van der Waals surface area contributed by atoms with Crippen molar-refractivity contribution >= 4 is 35.6 Å². The first-order valence-electron chi connectivity index (χ1n) is 6.13. The smallest absolute Gasteiger partial charge is 0.193 e. The first-order valence-corrected chi connectivity index (χ1v) is 6.13. The molecular formula is C14H24IN3. The zero-order valence-electron chi connectivity index (χ0n) is 11.7. The van der Waals surface area contributed by atoms with Crippen LogP contribution in [0.15, 0.2) is 23.2 Å². The van der Waals surface area contributed by atoms with Crippen LogP contribution in [0.2, 0.25) is 0 Å². The monoisotopic (exact) mass is 361 g/mol. The Labute approximate surface area is 127 Å². The van der Waals surface area contributed by atoms with Gasteiger partial charge in [-0.15, -0.1) is 24.0 Å². The van der Waals surface area contributed by atoms with E-state index in [9.17, 15) is 0 Å². The lowest BCUT2D eigenvalue weighted by Gasteiger charge is -2.08. The molecule has 0 aliphatic heterocycles. The molecule has 102 valence electrons. The minimum Gasteiger partial charge on any atom is -0.370 e. The molecule has 0 unspecified atom stereocenters. The Kier molecular flexibility index (Phi) is 7.98. The van der Waals surface area contributed by atoms with Gasteiger partial charge in [0.2, 0.25) is 0 Å². The minimum absolute atomic E-state index is 0. The molecule has 1 rings (SSSR count). The van der Waals surface area contributed by atoms with Crippen molar-refractivity contribution in [3.8, 4) is 0 Å². The predicted molar refractivity (Wildman–Crippen MR) is 90.9 cm³/mol. The highest BCUT2D eigenvalue weighted by atomic mass is 127. The van der Waals surface area contributed by atoms with E-state index in [-0.39, 0.29) is 24.0 Å². The van der Waals surface area contributed by atoms with Gasteiger partial charge in [-0.25, -0.2) is 0 Å². The molecule has 0 atom stereocenters. The fraction of sp³-hybridized carbons (Fsp3) is 0.500. The summed E-state index contributed by atoms with van der Waals surface area (Å²) in [6.45, 7) is 9.33. The molecule has 0 radical (unpaired) electrons. The third-order valence-corrected chi connectivity index (χ3v) is 2.77. The summed E-state index contributed by atoms with van der Waals surface area (Å²) >= 11 is 0. The SMILES string of the molecule is Cc1ccc(NC(N)=NCCC(C)C)cc1C.I. The molecule has 0 aromatic heterocycles. The Morgan fingerprint density at radius 1 is 1.28 bits per heavy atom. The second-order valence-corrected chi connectivity index (χ2v) is 4.87. The van der Waals surface area contributed by atoms with Gasteiger partial charge >= 0.3 is 0 Å². The maximum Gasteiger partial charge on any atom is 0.193 e. The second kappa shape index (κ2) is 8.34. The van der Waals surface area contributed by atoms with Crippen molar-refractivity contribution in [2.45, 2.75) is 34.1 Å². The molecule has 18 heavy (non-hydrogen) atoms. The number of halogens is 1. The van der Waals surface area contributed by atoms with Gasteiger partial charge in [0.1, 0.15) is 0 Å². The van der Waals surface area contributed by atoms with Crippen LogP contribution in [0.3, 0.4) is 0 Å². The largest absolute Gasteiger partial charge is 0.370 e. The lowest BCUT2D eigenvalue weighted by Crippen LogP contribution is -2.23. The molecule has 0 aliphatic rings. The van der Waals surface area contributed by atoms with E-state index >= 15 is 0 Å². The summed E-state index contributed by atoms with van der Waals surface area (Å²) in [6, 6.07) is 6.19. The number of hydrogen-bond acceptors (Lipinski definition) is 1. The number of nitrogens with one attached hydrogen (secondary N) is 1. The van der Waals surface area contributed by atoms with Gasteiger partial charge in [-0.3, -0.25) is 4.99 Å². The van der Waals surface area contributed by atoms with E-state index in [0.717, 1.165) is 18.7 Å². The van der Waals surface area contributed by atoms with E-state index < -0.39 is 0 Å². The van der Waals surface area contributed by atoms with Gasteiger partial charge in [0.05, 0.1) is 0 Å². The van der Waals surface area contributed by atoms with Crippen LogP contribution in [-0.2, 0) is 0 Å². The normalized spacial score (nSPS) is 11.3. The molecule has 0 fully saturated rings. The highest BCUT2D eigenvalue weighted by Crippen LogP contribution is 2.13. The van der Waals surface area contributed by atoms with Crippen LogP contribution >= 0.6 is 24.0 Å². The number of hydrogen-bond donors (Lipinski definition) is 2. The fourth-order valence-corrected chi connectivity index (χ4v) is 1.45. The molecule has 0 saturated heterocycles. The summed E-state index contributed by atoms with van der Waals surface area (Å²) in [5, 5.41) is 3.11. The number of nitrogens with zero attached hydrogens (tertiary/aromatic N) is 1. The van der Waals surface area contributed by atoms with E-state index in [2.05, 4.69) is 50.1 Å². The van der Waals surface area contributed by atoms with Gasteiger partial charge < -0.3 is 11.1 Å². The molecule has 4 heteroatoms. The van der Waals surface area contributed by atoms with Crippen LogP contribution < -0.4 is 11.1 Å². The van der Waals surface area contributed by atoms with Crippen LogP contribution in [-0.4, -0.2) is 12.5 Å². The average Bonchev–Trinajstić information content (AvgIpc) is 2.23. The van der Waals surface area contributed by atoms with Crippen LogP contribution in [0.4, 0.5) is 5.69 Å². The highest BCUT2D eigenvalue weighted by molar-refractivity contribution is 14.0. The van der Waals surface area contributed by atoms with Gasteiger partial charge in [0.15, 0.2) is 5.96 Å². The number of rotatable bonds is 4. The van der Waals surface area contributed by atoms with Crippen molar-refractivity contribution < 1.29 is 0 Å². The average molecular weight is 361 g/mol. The molecule has 1 aromatic rings. The lowest BCUT2D eigenvalue weighted by atomic mass is 10.1. The first-order chi connectivity index (χ1) is 7.99. The van der Waals surface area contributed by atoms with Crippen molar-refractivity contribution in [2.24, 2.45) is 16.6 Å². The number of aryl methyl sites for hydroxylation is 2. The third-order valence-electron chi connectivity index (χ3n) is 2.77. The Hall–Kier alpha value is -0.780. The molecule has 0 amide bonds. The summed E-state index contributed by atoms with van der Waals surface area (Å²) in [4.78, 5) is 4.30. The van der Waals surface area contributed by atoms with Crippen molar-refractivity contribution in [1.29, 1.82) is 0 Å². The van der Waals surface area contributed by atoms with E-state index in [4.69, 9.17) is 5.73 Å². The zero-order chi connectivity index (χ0) is 12.8. The zero-order valence-corrected chi connectivity index (χ0v) is 14.0. The standard InChI is InChI=1S/C14H23N3.HI/c1-10(2)7-8-16-14(15)17-13-6-5-11(3)12(4)9-13;/h5-6,9-10H,7-8H2,1-4H3,(H3,15,16,17);1H. The third kappa shape index (κ3) is 6.23. The van der Waals surface area contributed by atoms with Gasteiger partial charge in [-0.2, -0.15) is 0 Å². The number of guanidine groups is 1. The Balaban J connectivity index is 0.00000289. The molecule has 0 heterocycles. The van der Waals surface area contributed by atoms with E-state index in [1.54, 1.807) is 0 Å². The molecule has 0 saturated carbocycles. The summed E-state index contributed by atoms with van der Waals surface area (Å²) in [5.41, 5.74) is 9.36. The fourth-order valence-electron chi connectivity index (χ4n) is 1.45. The summed E-state index contributed by atoms with van der Waals surface area (Å²) < 4.78 is 0. The van der Waals surface area contributed by atoms with Gasteiger partial charge in [0, 0.05) is 12.2 Å². The number of anilines is 1. The lowest BCUT2D eigenvalue weighted by molar-refractivity contribution is 0.597. The predicted octanol–water partition coefficient (Wildman–Crippen LogP) is 3.69. The quantitative estimate of drug-likeness (QED) is 0.488. The maximum atomic E-state index is 5.82. The summed E-state index contributed by atoms with van der Waals surface area (Å²) in [6.07, 6.45) is 1.06. The van der Waals surface area contributed by atoms with E-state index in [1.807, 2.05) is 6.07 Å². The van der Waals surface area contributed by atoms with Gasteiger partial charge in [-0.05, 0) is 49.4 Å². The van der Waals surface area contributed by atoms with Crippen LogP contribution in [0.1, 0.15) is 31.4 Å². The van der Waals surface area contributed by atoms with Gasteiger partial charge in [-0.1, -0.05) is 19.9 Å². The molecule has 0 aliphatic carbocycles. The van der Waals surface area contributed by atoms with Crippen molar-refractivity contribution in [1.82, 2.24) is 0 Å². The topological polar surface area (TPSA) is 50.4 Å². The van der Waals surface area contributed by atoms with Crippen molar-refractivity contribution in [3.05, 3.63) is 29.3 Å². The number of aliphatic imine (C=N–C) groups is 1. The van der Waals surface area contributed by atoms with Crippen LogP contribution in [0.5, 0.6) is 0 Å².